The maximum absolute atomic E-state index is 4.34. The van der Waals surface area contributed by atoms with Crippen LogP contribution >= 0.6 is 0 Å². The molecule has 0 saturated heterocycles. The Morgan fingerprint density at radius 2 is 1.63 bits per heavy atom. The van der Waals surface area contributed by atoms with Gasteiger partial charge in [-0.15, -0.1) is 0 Å². The van der Waals surface area contributed by atoms with E-state index in [4.69, 9.17) is 0 Å². The molecular formula is C17H32N2. The molecule has 0 amide bonds. The van der Waals surface area contributed by atoms with Gasteiger partial charge in [-0.3, -0.25) is 0 Å². The molecule has 1 atom stereocenters. The van der Waals surface area contributed by atoms with Crippen LogP contribution < -0.4 is 0 Å². The molecule has 0 radical (unpaired) electrons. The maximum atomic E-state index is 4.34. The van der Waals surface area contributed by atoms with Crippen LogP contribution in [-0.4, -0.2) is 9.97 Å². The summed E-state index contributed by atoms with van der Waals surface area (Å²) < 4.78 is 0. The van der Waals surface area contributed by atoms with Gasteiger partial charge < -0.3 is 4.98 Å². The molecule has 1 aromatic rings. The van der Waals surface area contributed by atoms with Crippen molar-refractivity contribution >= 4 is 0 Å². The van der Waals surface area contributed by atoms with E-state index in [1.54, 1.807) is 0 Å². The van der Waals surface area contributed by atoms with Gasteiger partial charge in [0.1, 0.15) is 5.82 Å². The van der Waals surface area contributed by atoms with Crippen LogP contribution in [0.3, 0.4) is 0 Å². The van der Waals surface area contributed by atoms with Crippen molar-refractivity contribution in [2.24, 2.45) is 5.92 Å². The van der Waals surface area contributed by atoms with Crippen LogP contribution in [-0.2, 0) is 6.42 Å². The Hall–Kier alpha value is -0.790. The van der Waals surface area contributed by atoms with Crippen LogP contribution in [0.15, 0.2) is 12.4 Å². The highest BCUT2D eigenvalue weighted by molar-refractivity contribution is 4.87. The van der Waals surface area contributed by atoms with Gasteiger partial charge in [0.25, 0.3) is 0 Å². The number of unbranched alkanes of at least 4 members (excludes halogenated alkanes) is 5. The Morgan fingerprint density at radius 3 is 2.26 bits per heavy atom. The Labute approximate surface area is 119 Å². The van der Waals surface area contributed by atoms with E-state index in [0.29, 0.717) is 0 Å². The third kappa shape index (κ3) is 8.07. The zero-order chi connectivity index (χ0) is 13.8. The highest BCUT2D eigenvalue weighted by Crippen LogP contribution is 2.22. The molecule has 1 aromatic heterocycles. The number of nitrogens with zero attached hydrogens (tertiary/aromatic N) is 1. The normalized spacial score (nSPS) is 12.7. The van der Waals surface area contributed by atoms with E-state index in [0.717, 1.165) is 18.2 Å². The van der Waals surface area contributed by atoms with Gasteiger partial charge >= 0.3 is 0 Å². The Balaban J connectivity index is 2.22. The molecule has 1 N–H and O–H groups in total. The molecule has 110 valence electrons. The Morgan fingerprint density at radius 1 is 0.947 bits per heavy atom. The molecule has 0 spiro atoms. The fourth-order valence-corrected chi connectivity index (χ4v) is 2.75. The number of rotatable bonds is 12. The zero-order valence-electron chi connectivity index (χ0n) is 13.0. The van der Waals surface area contributed by atoms with E-state index < -0.39 is 0 Å². The van der Waals surface area contributed by atoms with Gasteiger partial charge in [0.15, 0.2) is 0 Å². The zero-order valence-corrected chi connectivity index (χ0v) is 13.0. The lowest BCUT2D eigenvalue weighted by molar-refractivity contribution is 0.382. The second-order valence-corrected chi connectivity index (χ2v) is 5.79. The van der Waals surface area contributed by atoms with E-state index in [1.807, 2.05) is 12.4 Å². The van der Waals surface area contributed by atoms with E-state index >= 15 is 0 Å². The van der Waals surface area contributed by atoms with Crippen molar-refractivity contribution in [1.29, 1.82) is 0 Å². The summed E-state index contributed by atoms with van der Waals surface area (Å²) in [7, 11) is 0. The predicted octanol–water partition coefficient (Wildman–Crippen LogP) is 5.51. The topological polar surface area (TPSA) is 28.7 Å². The van der Waals surface area contributed by atoms with Gasteiger partial charge in [-0.25, -0.2) is 4.98 Å². The van der Waals surface area contributed by atoms with Crippen LogP contribution in [0.25, 0.3) is 0 Å². The second kappa shape index (κ2) is 11.1. The molecule has 2 nitrogen and oxygen atoms in total. The molecule has 0 bridgehead atoms. The summed E-state index contributed by atoms with van der Waals surface area (Å²) in [5, 5.41) is 0. The summed E-state index contributed by atoms with van der Waals surface area (Å²) in [4.78, 5) is 7.56. The molecule has 0 fully saturated rings. The van der Waals surface area contributed by atoms with Gasteiger partial charge in [-0.2, -0.15) is 0 Å². The highest BCUT2D eigenvalue weighted by atomic mass is 14.9. The SMILES string of the molecule is CCCCCCC(CCCCC)CCc1ncc[nH]1. The molecule has 1 unspecified atom stereocenters. The molecule has 2 heteroatoms. The first-order valence-electron chi connectivity index (χ1n) is 8.35. The van der Waals surface area contributed by atoms with Crippen molar-refractivity contribution in [2.75, 3.05) is 0 Å². The summed E-state index contributed by atoms with van der Waals surface area (Å²) in [5.74, 6) is 2.07. The van der Waals surface area contributed by atoms with Crippen molar-refractivity contribution in [3.8, 4) is 0 Å². The van der Waals surface area contributed by atoms with E-state index in [-0.39, 0.29) is 0 Å². The van der Waals surface area contributed by atoms with E-state index in [1.165, 1.54) is 64.2 Å². The molecular weight excluding hydrogens is 232 g/mol. The lowest BCUT2D eigenvalue weighted by Gasteiger charge is -2.16. The minimum Gasteiger partial charge on any atom is -0.349 e. The van der Waals surface area contributed by atoms with Gasteiger partial charge in [-0.1, -0.05) is 71.6 Å². The van der Waals surface area contributed by atoms with Crippen molar-refractivity contribution in [1.82, 2.24) is 9.97 Å². The molecule has 0 saturated carbocycles. The average molecular weight is 264 g/mol. The van der Waals surface area contributed by atoms with Crippen molar-refractivity contribution in [2.45, 2.75) is 84.5 Å². The van der Waals surface area contributed by atoms with Crippen LogP contribution in [0.1, 0.15) is 83.9 Å². The second-order valence-electron chi connectivity index (χ2n) is 5.79. The number of hydrogen-bond donors (Lipinski definition) is 1. The van der Waals surface area contributed by atoms with Crippen molar-refractivity contribution in [3.63, 3.8) is 0 Å². The van der Waals surface area contributed by atoms with Crippen LogP contribution in [0.2, 0.25) is 0 Å². The van der Waals surface area contributed by atoms with E-state index in [9.17, 15) is 0 Å². The lowest BCUT2D eigenvalue weighted by Crippen LogP contribution is -2.04. The van der Waals surface area contributed by atoms with Crippen molar-refractivity contribution < 1.29 is 0 Å². The Kier molecular flexibility index (Phi) is 9.48. The smallest absolute Gasteiger partial charge is 0.106 e. The number of imidazole rings is 1. The largest absolute Gasteiger partial charge is 0.349 e. The number of hydrogen-bond acceptors (Lipinski definition) is 1. The first-order chi connectivity index (χ1) is 9.36. The van der Waals surface area contributed by atoms with Gasteiger partial charge in [0.05, 0.1) is 0 Å². The van der Waals surface area contributed by atoms with E-state index in [2.05, 4.69) is 23.8 Å². The van der Waals surface area contributed by atoms with Gasteiger partial charge in [0, 0.05) is 18.8 Å². The summed E-state index contributed by atoms with van der Waals surface area (Å²) in [5.41, 5.74) is 0. The standard InChI is InChI=1S/C17H32N2/c1-3-5-7-9-11-16(10-8-6-4-2)12-13-17-18-14-15-19-17/h14-16H,3-13H2,1-2H3,(H,18,19). The van der Waals surface area contributed by atoms with Crippen LogP contribution in [0, 0.1) is 5.92 Å². The third-order valence-electron chi connectivity index (χ3n) is 4.03. The summed E-state index contributed by atoms with van der Waals surface area (Å²) in [6, 6.07) is 0. The van der Waals surface area contributed by atoms with Crippen LogP contribution in [0.5, 0.6) is 0 Å². The Bertz CT molecular complexity index is 279. The maximum Gasteiger partial charge on any atom is 0.106 e. The quantitative estimate of drug-likeness (QED) is 0.495. The summed E-state index contributed by atoms with van der Waals surface area (Å²) in [6.45, 7) is 4.58. The molecule has 0 aromatic carbocycles. The predicted molar refractivity (Wildman–Crippen MR) is 83.3 cm³/mol. The minimum atomic E-state index is 0.911. The number of aromatic nitrogens is 2. The summed E-state index contributed by atoms with van der Waals surface area (Å²) >= 11 is 0. The molecule has 0 aliphatic carbocycles. The molecule has 1 heterocycles. The fourth-order valence-electron chi connectivity index (χ4n) is 2.75. The monoisotopic (exact) mass is 264 g/mol. The molecule has 19 heavy (non-hydrogen) atoms. The van der Waals surface area contributed by atoms with Gasteiger partial charge in [0.2, 0.25) is 0 Å². The molecule has 1 rings (SSSR count). The number of nitrogens with one attached hydrogen (secondary N) is 1. The first-order valence-corrected chi connectivity index (χ1v) is 8.35. The van der Waals surface area contributed by atoms with Gasteiger partial charge in [-0.05, 0) is 12.3 Å². The number of H-pyrrole nitrogens is 1. The number of aromatic amines is 1. The average Bonchev–Trinajstić information content (AvgIpc) is 2.93. The first kappa shape index (κ1) is 16.3. The highest BCUT2D eigenvalue weighted by Gasteiger charge is 2.09. The minimum absolute atomic E-state index is 0.911. The van der Waals surface area contributed by atoms with Crippen molar-refractivity contribution in [3.05, 3.63) is 18.2 Å². The molecule has 0 aliphatic heterocycles. The summed E-state index contributed by atoms with van der Waals surface area (Å²) in [6.07, 6.45) is 18.8. The molecule has 0 aliphatic rings. The lowest BCUT2D eigenvalue weighted by atomic mass is 9.90. The number of aryl methyl sites for hydroxylation is 1. The van der Waals surface area contributed by atoms with Crippen LogP contribution in [0.4, 0.5) is 0 Å². The third-order valence-corrected chi connectivity index (χ3v) is 4.03. The fraction of sp³-hybridized carbons (Fsp3) is 0.824.